The van der Waals surface area contributed by atoms with Crippen LogP contribution in [0.25, 0.3) is 0 Å². The van der Waals surface area contributed by atoms with Crippen LogP contribution in [0.5, 0.6) is 0 Å². The summed E-state index contributed by atoms with van der Waals surface area (Å²) in [6.45, 7) is 12.7. The molecular formula is C18H24Cl2N2. The first kappa shape index (κ1) is 18.9. The Morgan fingerprint density at radius 3 is 1.82 bits per heavy atom. The van der Waals surface area contributed by atoms with Gasteiger partial charge in [-0.05, 0) is 24.3 Å². The smallest absolute Gasteiger partial charge is 0.0642 e. The molecule has 2 rings (SSSR count). The van der Waals surface area contributed by atoms with E-state index in [0.29, 0.717) is 5.02 Å². The van der Waals surface area contributed by atoms with Crippen molar-refractivity contribution in [1.82, 2.24) is 9.97 Å². The van der Waals surface area contributed by atoms with Crippen molar-refractivity contribution in [1.29, 1.82) is 0 Å². The van der Waals surface area contributed by atoms with E-state index >= 15 is 0 Å². The monoisotopic (exact) mass is 338 g/mol. The Balaban J connectivity index is 0.000000220. The third-order valence-electron chi connectivity index (χ3n) is 2.96. The lowest BCUT2D eigenvalue weighted by Gasteiger charge is -2.18. The minimum absolute atomic E-state index is 0.0400. The fourth-order valence-electron chi connectivity index (χ4n) is 1.76. The molecule has 2 nitrogen and oxygen atoms in total. The highest BCUT2D eigenvalue weighted by molar-refractivity contribution is 6.31. The first-order chi connectivity index (χ1) is 10.0. The molecule has 0 aliphatic carbocycles. The lowest BCUT2D eigenvalue weighted by Crippen LogP contribution is -2.13. The Morgan fingerprint density at radius 1 is 0.818 bits per heavy atom. The Kier molecular flexibility index (Phi) is 6.39. The number of rotatable bonds is 0. The average molecular weight is 339 g/mol. The molecule has 0 aromatic carbocycles. The van der Waals surface area contributed by atoms with Crippen molar-refractivity contribution in [3.63, 3.8) is 0 Å². The van der Waals surface area contributed by atoms with Crippen molar-refractivity contribution in [3.8, 4) is 0 Å². The topological polar surface area (TPSA) is 25.8 Å². The molecular weight excluding hydrogens is 315 g/mol. The van der Waals surface area contributed by atoms with E-state index in [2.05, 4.69) is 51.5 Å². The van der Waals surface area contributed by atoms with Crippen LogP contribution in [0, 0.1) is 0 Å². The number of pyridine rings is 2. The van der Waals surface area contributed by atoms with Crippen molar-refractivity contribution in [2.24, 2.45) is 0 Å². The summed E-state index contributed by atoms with van der Waals surface area (Å²) in [5, 5.41) is 1.44. The van der Waals surface area contributed by atoms with Crippen molar-refractivity contribution in [2.75, 3.05) is 0 Å². The molecule has 22 heavy (non-hydrogen) atoms. The number of hydrogen-bond donors (Lipinski definition) is 0. The quantitative estimate of drug-likeness (QED) is 0.582. The predicted molar refractivity (Wildman–Crippen MR) is 95.9 cm³/mol. The minimum atomic E-state index is 0.0400. The van der Waals surface area contributed by atoms with Crippen LogP contribution >= 0.6 is 23.2 Å². The van der Waals surface area contributed by atoms with Crippen LogP contribution in [0.1, 0.15) is 52.9 Å². The molecule has 0 radical (unpaired) electrons. The largest absolute Gasteiger partial charge is 0.259 e. The van der Waals surface area contributed by atoms with Crippen LogP contribution in [0.15, 0.2) is 36.7 Å². The summed E-state index contributed by atoms with van der Waals surface area (Å²) < 4.78 is 0. The lowest BCUT2D eigenvalue weighted by atomic mass is 9.92. The maximum atomic E-state index is 5.95. The summed E-state index contributed by atoms with van der Waals surface area (Å²) in [4.78, 5) is 8.44. The molecule has 0 bridgehead atoms. The zero-order valence-corrected chi connectivity index (χ0v) is 15.6. The zero-order chi connectivity index (χ0) is 17.0. The molecule has 0 saturated heterocycles. The van der Waals surface area contributed by atoms with Crippen LogP contribution in [-0.2, 0) is 10.8 Å². The molecule has 0 amide bonds. The van der Waals surface area contributed by atoms with E-state index < -0.39 is 0 Å². The Bertz CT molecular complexity index is 594. The molecule has 0 aliphatic rings. The second kappa shape index (κ2) is 7.43. The summed E-state index contributed by atoms with van der Waals surface area (Å²) >= 11 is 11.6. The minimum Gasteiger partial charge on any atom is -0.259 e. The van der Waals surface area contributed by atoms with E-state index in [0.717, 1.165) is 16.4 Å². The summed E-state index contributed by atoms with van der Waals surface area (Å²) in [5.41, 5.74) is 2.19. The number of halogens is 2. The second-order valence-corrected chi connectivity index (χ2v) is 8.04. The van der Waals surface area contributed by atoms with Gasteiger partial charge in [0.25, 0.3) is 0 Å². The molecule has 4 heteroatoms. The molecule has 2 heterocycles. The van der Waals surface area contributed by atoms with E-state index in [-0.39, 0.29) is 10.8 Å². The van der Waals surface area contributed by atoms with Gasteiger partial charge in [-0.25, -0.2) is 0 Å². The van der Waals surface area contributed by atoms with E-state index in [9.17, 15) is 0 Å². The van der Waals surface area contributed by atoms with Gasteiger partial charge in [0.05, 0.1) is 15.7 Å². The summed E-state index contributed by atoms with van der Waals surface area (Å²) in [7, 11) is 0. The maximum absolute atomic E-state index is 5.95. The maximum Gasteiger partial charge on any atom is 0.0642 e. The highest BCUT2D eigenvalue weighted by atomic mass is 35.5. The van der Waals surface area contributed by atoms with E-state index in [4.69, 9.17) is 23.2 Å². The average Bonchev–Trinajstić information content (AvgIpc) is 2.38. The van der Waals surface area contributed by atoms with E-state index in [1.807, 2.05) is 24.3 Å². The summed E-state index contributed by atoms with van der Waals surface area (Å²) in [5.74, 6) is 0. The lowest BCUT2D eigenvalue weighted by molar-refractivity contribution is 0.569. The molecule has 0 fully saturated rings. The Morgan fingerprint density at radius 2 is 1.45 bits per heavy atom. The van der Waals surface area contributed by atoms with Crippen LogP contribution < -0.4 is 0 Å². The molecule has 0 saturated carbocycles. The van der Waals surface area contributed by atoms with Crippen LogP contribution in [0.3, 0.4) is 0 Å². The zero-order valence-electron chi connectivity index (χ0n) is 14.1. The SMILES string of the molecule is CC(C)(C)c1ccc(Cl)cn1.CC(C)(C)c1ncccc1Cl. The normalized spacial score (nSPS) is 11.6. The predicted octanol–water partition coefficient (Wildman–Crippen LogP) is 6.07. The fraction of sp³-hybridized carbons (Fsp3) is 0.444. The van der Waals surface area contributed by atoms with Crippen LogP contribution in [0.2, 0.25) is 10.0 Å². The van der Waals surface area contributed by atoms with Gasteiger partial charge in [-0.1, -0.05) is 64.7 Å². The van der Waals surface area contributed by atoms with Gasteiger partial charge in [0.15, 0.2) is 0 Å². The highest BCUT2D eigenvalue weighted by Crippen LogP contribution is 2.26. The summed E-state index contributed by atoms with van der Waals surface area (Å²) in [6.07, 6.45) is 3.45. The molecule has 0 unspecified atom stereocenters. The standard InChI is InChI=1S/2C9H12ClN/c1-9(2,3)8-5-4-7(10)6-11-8;1-9(2,3)8-7(10)5-4-6-11-8/h2*4-6H,1-3H3. The number of nitrogens with zero attached hydrogens (tertiary/aromatic N) is 2. The Labute approximate surface area is 143 Å². The molecule has 2 aromatic heterocycles. The van der Waals surface area contributed by atoms with Gasteiger partial charge in [-0.2, -0.15) is 0 Å². The van der Waals surface area contributed by atoms with Crippen molar-refractivity contribution < 1.29 is 0 Å². The number of hydrogen-bond acceptors (Lipinski definition) is 2. The molecule has 0 aliphatic heterocycles. The summed E-state index contributed by atoms with van der Waals surface area (Å²) in [6, 6.07) is 7.55. The van der Waals surface area contributed by atoms with Gasteiger partial charge < -0.3 is 0 Å². The van der Waals surface area contributed by atoms with Gasteiger partial charge in [0.1, 0.15) is 0 Å². The number of aromatic nitrogens is 2. The molecule has 0 atom stereocenters. The van der Waals surface area contributed by atoms with Gasteiger partial charge in [-0.3, -0.25) is 9.97 Å². The van der Waals surface area contributed by atoms with E-state index in [1.54, 1.807) is 12.4 Å². The van der Waals surface area contributed by atoms with E-state index in [1.165, 1.54) is 0 Å². The van der Waals surface area contributed by atoms with Gasteiger partial charge in [0, 0.05) is 28.9 Å². The molecule has 120 valence electrons. The van der Waals surface area contributed by atoms with Crippen LogP contribution in [0.4, 0.5) is 0 Å². The highest BCUT2D eigenvalue weighted by Gasteiger charge is 2.17. The van der Waals surface area contributed by atoms with Gasteiger partial charge in [0.2, 0.25) is 0 Å². The molecule has 0 spiro atoms. The van der Waals surface area contributed by atoms with Crippen LogP contribution in [-0.4, -0.2) is 9.97 Å². The molecule has 0 N–H and O–H groups in total. The van der Waals surface area contributed by atoms with Crippen molar-refractivity contribution in [2.45, 2.75) is 52.4 Å². The van der Waals surface area contributed by atoms with Crippen molar-refractivity contribution in [3.05, 3.63) is 58.1 Å². The van der Waals surface area contributed by atoms with Gasteiger partial charge >= 0.3 is 0 Å². The third kappa shape index (κ3) is 5.94. The second-order valence-electron chi connectivity index (χ2n) is 7.20. The first-order valence-corrected chi connectivity index (χ1v) is 8.00. The Hall–Kier alpha value is -1.12. The van der Waals surface area contributed by atoms with Crippen molar-refractivity contribution >= 4 is 23.2 Å². The fourth-order valence-corrected chi connectivity index (χ4v) is 2.27. The first-order valence-electron chi connectivity index (χ1n) is 7.25. The van der Waals surface area contributed by atoms with Gasteiger partial charge in [-0.15, -0.1) is 0 Å². The third-order valence-corrected chi connectivity index (χ3v) is 3.49. The molecule has 2 aromatic rings.